The Labute approximate surface area is 139 Å². The van der Waals surface area contributed by atoms with Gasteiger partial charge in [-0.25, -0.2) is 0 Å². The summed E-state index contributed by atoms with van der Waals surface area (Å²) in [5.41, 5.74) is 2.06. The van der Waals surface area contributed by atoms with Crippen LogP contribution in [0.25, 0.3) is 0 Å². The Balaban J connectivity index is 2.01. The second-order valence-electron chi connectivity index (χ2n) is 5.75. The zero-order chi connectivity index (χ0) is 15.8. The highest BCUT2D eigenvalue weighted by Gasteiger charge is 2.68. The monoisotopic (exact) mass is 380 g/mol. The van der Waals surface area contributed by atoms with Crippen molar-refractivity contribution in [2.75, 3.05) is 12.9 Å². The summed E-state index contributed by atoms with van der Waals surface area (Å²) in [7, 11) is -3.46. The van der Waals surface area contributed by atoms with E-state index in [4.69, 9.17) is 4.18 Å². The Hall–Kier alpha value is -1.17. The van der Waals surface area contributed by atoms with Gasteiger partial charge in [-0.3, -0.25) is 4.18 Å². The molecule has 3 rings (SSSR count). The van der Waals surface area contributed by atoms with Crippen molar-refractivity contribution in [2.24, 2.45) is 0 Å². The smallest absolute Gasteiger partial charge is 0.264 e. The minimum atomic E-state index is -3.46. The summed E-state index contributed by atoms with van der Waals surface area (Å²) >= 11 is 3.75. The van der Waals surface area contributed by atoms with Gasteiger partial charge in [-0.2, -0.15) is 8.42 Å². The second kappa shape index (κ2) is 5.48. The van der Waals surface area contributed by atoms with Crippen molar-refractivity contribution in [3.63, 3.8) is 0 Å². The zero-order valence-electron chi connectivity index (χ0n) is 12.2. The number of hydrogen-bond donors (Lipinski definition) is 0. The third-order valence-electron chi connectivity index (χ3n) is 4.22. The predicted octanol–water partition coefficient (Wildman–Crippen LogP) is 3.49. The van der Waals surface area contributed by atoms with E-state index in [9.17, 15) is 8.42 Å². The molecule has 22 heavy (non-hydrogen) atoms. The molecule has 0 aromatic heterocycles. The predicted molar refractivity (Wildman–Crippen MR) is 90.7 cm³/mol. The van der Waals surface area contributed by atoms with Crippen LogP contribution in [0.4, 0.5) is 0 Å². The third-order valence-corrected chi connectivity index (χ3v) is 5.95. The summed E-state index contributed by atoms with van der Waals surface area (Å²) in [6, 6.07) is 20.3. The van der Waals surface area contributed by atoms with Gasteiger partial charge < -0.3 is 0 Å². The normalized spacial score (nSPS) is 23.2. The molecule has 116 valence electrons. The summed E-state index contributed by atoms with van der Waals surface area (Å²) in [4.78, 5) is 0. The quantitative estimate of drug-likeness (QED) is 0.588. The van der Waals surface area contributed by atoms with Crippen molar-refractivity contribution in [1.82, 2.24) is 0 Å². The van der Waals surface area contributed by atoms with Gasteiger partial charge in [0.05, 0.1) is 17.2 Å². The number of hydrogen-bond acceptors (Lipinski definition) is 3. The molecule has 0 amide bonds. The van der Waals surface area contributed by atoms with E-state index in [0.29, 0.717) is 0 Å². The Morgan fingerprint density at radius 2 is 1.45 bits per heavy atom. The van der Waals surface area contributed by atoms with Gasteiger partial charge in [0.1, 0.15) is 0 Å². The molecule has 2 aromatic carbocycles. The third kappa shape index (κ3) is 2.73. The molecule has 1 atom stereocenters. The van der Waals surface area contributed by atoms with Crippen LogP contribution < -0.4 is 0 Å². The Kier molecular flexibility index (Phi) is 3.91. The molecule has 0 bridgehead atoms. The summed E-state index contributed by atoms with van der Waals surface area (Å²) in [6.45, 7) is 0.121. The molecular formula is C17H17BrO3S. The average Bonchev–Trinajstić information content (AvgIpc) is 3.15. The van der Waals surface area contributed by atoms with Crippen molar-refractivity contribution >= 4 is 26.0 Å². The summed E-state index contributed by atoms with van der Waals surface area (Å²) < 4.78 is 27.4. The van der Waals surface area contributed by atoms with E-state index in [-0.39, 0.29) is 12.0 Å². The van der Waals surface area contributed by atoms with E-state index in [1.807, 2.05) is 36.4 Å². The summed E-state index contributed by atoms with van der Waals surface area (Å²) in [6.07, 6.45) is 1.88. The number of benzene rings is 2. The molecule has 1 aliphatic rings. The first-order valence-corrected chi connectivity index (χ1v) is 9.63. The Bertz CT molecular complexity index is 720. The van der Waals surface area contributed by atoms with Crippen molar-refractivity contribution in [2.45, 2.75) is 16.2 Å². The SMILES string of the molecule is CS(=O)(=O)OC[C@]1(Br)CC1(c1ccccc1)c1ccccc1. The highest BCUT2D eigenvalue weighted by molar-refractivity contribution is 9.10. The second-order valence-corrected chi connectivity index (χ2v) is 8.91. The van der Waals surface area contributed by atoms with Crippen LogP contribution in [0.5, 0.6) is 0 Å². The van der Waals surface area contributed by atoms with Crippen LogP contribution >= 0.6 is 15.9 Å². The molecule has 0 N–H and O–H groups in total. The lowest BCUT2D eigenvalue weighted by atomic mass is 9.86. The molecule has 0 spiro atoms. The first-order chi connectivity index (χ1) is 10.4. The minimum absolute atomic E-state index is 0.121. The van der Waals surface area contributed by atoms with E-state index in [2.05, 4.69) is 40.2 Å². The lowest BCUT2D eigenvalue weighted by molar-refractivity contribution is 0.311. The zero-order valence-corrected chi connectivity index (χ0v) is 14.6. The van der Waals surface area contributed by atoms with Gasteiger partial charge in [0.2, 0.25) is 0 Å². The van der Waals surface area contributed by atoms with Gasteiger partial charge in [-0.15, -0.1) is 0 Å². The van der Waals surface area contributed by atoms with Crippen LogP contribution in [0.1, 0.15) is 17.5 Å². The topological polar surface area (TPSA) is 43.4 Å². The van der Waals surface area contributed by atoms with E-state index in [0.717, 1.165) is 23.8 Å². The lowest BCUT2D eigenvalue weighted by Gasteiger charge is -2.23. The van der Waals surface area contributed by atoms with Crippen molar-refractivity contribution in [3.8, 4) is 0 Å². The summed E-state index contributed by atoms with van der Waals surface area (Å²) in [5.74, 6) is 0. The largest absolute Gasteiger partial charge is 0.269 e. The molecule has 5 heteroatoms. The Morgan fingerprint density at radius 1 is 1.00 bits per heavy atom. The van der Waals surface area contributed by atoms with E-state index >= 15 is 0 Å². The van der Waals surface area contributed by atoms with Gasteiger partial charge >= 0.3 is 0 Å². The summed E-state index contributed by atoms with van der Waals surface area (Å²) in [5, 5.41) is 0. The lowest BCUT2D eigenvalue weighted by Crippen LogP contribution is -2.26. The van der Waals surface area contributed by atoms with Crippen LogP contribution in [0.15, 0.2) is 60.7 Å². The molecule has 0 radical (unpaired) electrons. The first-order valence-electron chi connectivity index (χ1n) is 7.02. The maximum absolute atomic E-state index is 11.3. The van der Waals surface area contributed by atoms with Crippen molar-refractivity contribution < 1.29 is 12.6 Å². The van der Waals surface area contributed by atoms with Crippen LogP contribution in [0, 0.1) is 0 Å². The average molecular weight is 381 g/mol. The fraction of sp³-hybridized carbons (Fsp3) is 0.294. The van der Waals surface area contributed by atoms with E-state index in [1.54, 1.807) is 0 Å². The molecule has 1 saturated carbocycles. The van der Waals surface area contributed by atoms with Crippen LogP contribution in [0.2, 0.25) is 0 Å². The fourth-order valence-corrected chi connectivity index (χ4v) is 4.64. The standard InChI is InChI=1S/C17H17BrO3S/c1-22(19,20)21-13-16(18)12-17(16,14-8-4-2-5-9-14)15-10-6-3-7-11-15/h2-11H,12-13H2,1H3/t16-/m1/s1. The number of rotatable bonds is 5. The molecule has 0 unspecified atom stereocenters. The molecule has 1 fully saturated rings. The van der Waals surface area contributed by atoms with Crippen LogP contribution in [-0.2, 0) is 19.7 Å². The molecule has 0 heterocycles. The molecular weight excluding hydrogens is 364 g/mol. The van der Waals surface area contributed by atoms with Gasteiger partial charge in [0, 0.05) is 5.41 Å². The molecule has 0 saturated heterocycles. The molecule has 2 aromatic rings. The van der Waals surface area contributed by atoms with Crippen molar-refractivity contribution in [3.05, 3.63) is 71.8 Å². The van der Waals surface area contributed by atoms with Gasteiger partial charge in [-0.1, -0.05) is 76.6 Å². The van der Waals surface area contributed by atoms with Crippen molar-refractivity contribution in [1.29, 1.82) is 0 Å². The minimum Gasteiger partial charge on any atom is -0.269 e. The molecule has 3 nitrogen and oxygen atoms in total. The highest BCUT2D eigenvalue weighted by Crippen LogP contribution is 2.66. The Morgan fingerprint density at radius 3 is 1.86 bits per heavy atom. The maximum Gasteiger partial charge on any atom is 0.264 e. The highest BCUT2D eigenvalue weighted by atomic mass is 79.9. The van der Waals surface area contributed by atoms with Crippen LogP contribution in [0.3, 0.4) is 0 Å². The number of alkyl halides is 1. The van der Waals surface area contributed by atoms with Gasteiger partial charge in [0.25, 0.3) is 10.1 Å². The fourth-order valence-electron chi connectivity index (χ4n) is 3.08. The van der Waals surface area contributed by atoms with Gasteiger partial charge in [-0.05, 0) is 17.5 Å². The molecule has 0 aliphatic heterocycles. The number of halogens is 1. The molecule has 1 aliphatic carbocycles. The first kappa shape index (κ1) is 15.7. The van der Waals surface area contributed by atoms with Gasteiger partial charge in [0.15, 0.2) is 0 Å². The van der Waals surface area contributed by atoms with Crippen LogP contribution in [-0.4, -0.2) is 25.6 Å². The maximum atomic E-state index is 11.3. The van der Waals surface area contributed by atoms with E-state index in [1.165, 1.54) is 0 Å². The van der Waals surface area contributed by atoms with E-state index < -0.39 is 14.4 Å².